The summed E-state index contributed by atoms with van der Waals surface area (Å²) >= 11 is 0. The van der Waals surface area contributed by atoms with Gasteiger partial charge in [0.1, 0.15) is 0 Å². The van der Waals surface area contributed by atoms with E-state index in [0.29, 0.717) is 23.7 Å². The first-order valence-electron chi connectivity index (χ1n) is 12.9. The summed E-state index contributed by atoms with van der Waals surface area (Å²) in [6.07, 6.45) is -8.24. The quantitative estimate of drug-likeness (QED) is 0.265. The van der Waals surface area contributed by atoms with Gasteiger partial charge in [0, 0.05) is 36.7 Å². The van der Waals surface area contributed by atoms with E-state index in [0.717, 1.165) is 31.5 Å². The molecule has 0 aromatic heterocycles. The molecule has 0 unspecified atom stereocenters. The molecule has 1 fully saturated rings. The minimum atomic E-state index is -5.06. The van der Waals surface area contributed by atoms with Gasteiger partial charge < -0.3 is 20.9 Å². The van der Waals surface area contributed by atoms with Crippen LogP contribution in [0.25, 0.3) is 0 Å². The third-order valence-corrected chi connectivity index (χ3v) is 6.76. The van der Waals surface area contributed by atoms with Crippen LogP contribution in [0.5, 0.6) is 0 Å². The number of carbonyl (C=O) groups is 2. The maximum absolute atomic E-state index is 13.3. The van der Waals surface area contributed by atoms with Crippen molar-refractivity contribution in [1.82, 2.24) is 5.32 Å². The zero-order chi connectivity index (χ0) is 29.8. The monoisotopic (exact) mass is 578 g/mol. The highest BCUT2D eigenvalue weighted by molar-refractivity contribution is 6.04. The Bertz CT molecular complexity index is 1350. The second kappa shape index (κ2) is 12.1. The highest BCUT2D eigenvalue weighted by Crippen LogP contribution is 2.37. The fraction of sp³-hybridized carbons (Fsp3) is 0.310. The van der Waals surface area contributed by atoms with E-state index in [4.69, 9.17) is 0 Å². The molecule has 4 rings (SSSR count). The van der Waals surface area contributed by atoms with Crippen molar-refractivity contribution in [2.75, 3.05) is 28.6 Å². The van der Waals surface area contributed by atoms with Gasteiger partial charge in [0.05, 0.1) is 16.7 Å². The average molecular weight is 579 g/mol. The van der Waals surface area contributed by atoms with Crippen molar-refractivity contribution >= 4 is 29.0 Å². The van der Waals surface area contributed by atoms with Crippen molar-refractivity contribution in [3.05, 3.63) is 89.0 Å². The molecule has 0 bridgehead atoms. The van der Waals surface area contributed by atoms with Gasteiger partial charge in [-0.1, -0.05) is 37.3 Å². The molecular formula is C29H28F6N4O2. The van der Waals surface area contributed by atoms with E-state index >= 15 is 0 Å². The van der Waals surface area contributed by atoms with Crippen LogP contribution in [0.2, 0.25) is 0 Å². The van der Waals surface area contributed by atoms with E-state index in [2.05, 4.69) is 22.5 Å². The lowest BCUT2D eigenvalue weighted by Crippen LogP contribution is -2.35. The molecule has 12 heteroatoms. The second-order valence-corrected chi connectivity index (χ2v) is 9.94. The molecular weight excluding hydrogens is 550 g/mol. The molecule has 0 radical (unpaired) electrons. The molecule has 0 spiro atoms. The van der Waals surface area contributed by atoms with Crippen LogP contribution < -0.4 is 20.9 Å². The van der Waals surface area contributed by atoms with Crippen LogP contribution in [0.15, 0.2) is 66.7 Å². The molecule has 3 amide bonds. The van der Waals surface area contributed by atoms with E-state index in [1.807, 2.05) is 35.6 Å². The van der Waals surface area contributed by atoms with Gasteiger partial charge in [0.15, 0.2) is 0 Å². The molecule has 218 valence electrons. The van der Waals surface area contributed by atoms with Gasteiger partial charge in [-0.3, -0.25) is 4.79 Å². The predicted molar refractivity (Wildman–Crippen MR) is 144 cm³/mol. The Balaban J connectivity index is 1.56. The van der Waals surface area contributed by atoms with Gasteiger partial charge in [-0.25, -0.2) is 4.79 Å². The van der Waals surface area contributed by atoms with Crippen LogP contribution in [-0.4, -0.2) is 25.0 Å². The molecule has 0 atom stereocenters. The molecule has 3 aromatic carbocycles. The summed E-state index contributed by atoms with van der Waals surface area (Å²) in [6, 6.07) is 13.6. The topological polar surface area (TPSA) is 73.5 Å². The number of urea groups is 1. The summed E-state index contributed by atoms with van der Waals surface area (Å²) in [4.78, 5) is 28.0. The molecule has 0 aliphatic carbocycles. The SMILES string of the molecule is CC1CCN(c2ccc(NC(=O)Nc3cc(C(F)(F)F)cc(C(F)(F)F)c3)cc2C(=O)NCc2ccccc2)CC1. The number of nitrogens with zero attached hydrogens (tertiary/aromatic N) is 1. The van der Waals surface area contributed by atoms with Crippen molar-refractivity contribution in [3.8, 4) is 0 Å². The predicted octanol–water partition coefficient (Wildman–Crippen LogP) is 7.53. The first-order chi connectivity index (χ1) is 19.3. The Kier molecular flexibility index (Phi) is 8.79. The lowest BCUT2D eigenvalue weighted by Gasteiger charge is -2.33. The molecule has 3 N–H and O–H groups in total. The maximum atomic E-state index is 13.3. The molecule has 1 aliphatic rings. The summed E-state index contributed by atoms with van der Waals surface area (Å²) < 4.78 is 79.1. The van der Waals surface area contributed by atoms with Gasteiger partial charge in [-0.2, -0.15) is 26.3 Å². The average Bonchev–Trinajstić information content (AvgIpc) is 2.91. The summed E-state index contributed by atoms with van der Waals surface area (Å²) in [5, 5.41) is 7.29. The van der Waals surface area contributed by atoms with Gasteiger partial charge in [0.2, 0.25) is 0 Å². The zero-order valence-corrected chi connectivity index (χ0v) is 22.0. The Morgan fingerprint density at radius 2 is 1.39 bits per heavy atom. The molecule has 1 saturated heterocycles. The maximum Gasteiger partial charge on any atom is 0.416 e. The summed E-state index contributed by atoms with van der Waals surface area (Å²) in [6.45, 7) is 3.86. The van der Waals surface area contributed by atoms with E-state index in [9.17, 15) is 35.9 Å². The van der Waals surface area contributed by atoms with E-state index < -0.39 is 41.1 Å². The second-order valence-electron chi connectivity index (χ2n) is 9.94. The summed E-state index contributed by atoms with van der Waals surface area (Å²) in [5.74, 6) is 0.138. The Morgan fingerprint density at radius 1 is 0.805 bits per heavy atom. The highest BCUT2D eigenvalue weighted by atomic mass is 19.4. The first-order valence-corrected chi connectivity index (χ1v) is 12.9. The number of carbonyl (C=O) groups excluding carboxylic acids is 2. The minimum absolute atomic E-state index is 0.0243. The number of hydrogen-bond donors (Lipinski definition) is 3. The Hall–Kier alpha value is -4.22. The van der Waals surface area contributed by atoms with Crippen molar-refractivity contribution < 1.29 is 35.9 Å². The molecule has 0 saturated carbocycles. The lowest BCUT2D eigenvalue weighted by molar-refractivity contribution is -0.143. The highest BCUT2D eigenvalue weighted by Gasteiger charge is 2.37. The number of benzene rings is 3. The minimum Gasteiger partial charge on any atom is -0.371 e. The fourth-order valence-corrected chi connectivity index (χ4v) is 4.51. The third kappa shape index (κ3) is 7.92. The van der Waals surface area contributed by atoms with Crippen molar-refractivity contribution in [2.45, 2.75) is 38.7 Å². The first kappa shape index (κ1) is 29.8. The smallest absolute Gasteiger partial charge is 0.371 e. The Morgan fingerprint density at radius 3 is 1.98 bits per heavy atom. The summed E-state index contributed by atoms with van der Waals surface area (Å²) in [7, 11) is 0. The fourth-order valence-electron chi connectivity index (χ4n) is 4.51. The van der Waals surface area contributed by atoms with E-state index in [1.54, 1.807) is 6.07 Å². The standard InChI is InChI=1S/C29H28F6N4O2/c1-18-9-11-39(12-10-18)25-8-7-22(16-24(25)26(40)36-17-19-5-3-2-4-6-19)37-27(41)38-23-14-20(28(30,31)32)13-21(15-23)29(33,34)35/h2-8,13-16,18H,9-12,17H2,1H3,(H,36,40)(H2,37,38,41). The molecule has 1 heterocycles. The van der Waals surface area contributed by atoms with Crippen LogP contribution in [0.3, 0.4) is 0 Å². The van der Waals surface area contributed by atoms with Crippen molar-refractivity contribution in [2.24, 2.45) is 5.92 Å². The van der Waals surface area contributed by atoms with E-state index in [1.165, 1.54) is 12.1 Å². The molecule has 6 nitrogen and oxygen atoms in total. The van der Waals surface area contributed by atoms with E-state index in [-0.39, 0.29) is 23.9 Å². The number of anilines is 3. The molecule has 3 aromatic rings. The van der Waals surface area contributed by atoms with Gasteiger partial charge in [0.25, 0.3) is 5.91 Å². The lowest BCUT2D eigenvalue weighted by atomic mass is 9.97. The third-order valence-electron chi connectivity index (χ3n) is 6.76. The van der Waals surface area contributed by atoms with Crippen LogP contribution in [0, 0.1) is 5.92 Å². The van der Waals surface area contributed by atoms with Crippen molar-refractivity contribution in [3.63, 3.8) is 0 Å². The number of piperidine rings is 1. The number of alkyl halides is 6. The normalized spacial score (nSPS) is 14.5. The number of halogens is 6. The van der Waals surface area contributed by atoms with Gasteiger partial charge in [-0.05, 0) is 60.7 Å². The number of amides is 3. The zero-order valence-electron chi connectivity index (χ0n) is 22.0. The Labute approximate surface area is 232 Å². The summed E-state index contributed by atoms with van der Waals surface area (Å²) in [5.41, 5.74) is -1.87. The van der Waals surface area contributed by atoms with Crippen LogP contribution in [-0.2, 0) is 18.9 Å². The van der Waals surface area contributed by atoms with Gasteiger partial charge >= 0.3 is 18.4 Å². The van der Waals surface area contributed by atoms with Crippen LogP contribution in [0.4, 0.5) is 48.2 Å². The number of nitrogens with one attached hydrogen (secondary N) is 3. The number of hydrogen-bond acceptors (Lipinski definition) is 3. The van der Waals surface area contributed by atoms with Crippen molar-refractivity contribution in [1.29, 1.82) is 0 Å². The van der Waals surface area contributed by atoms with Crippen LogP contribution >= 0.6 is 0 Å². The number of rotatable bonds is 6. The van der Waals surface area contributed by atoms with Gasteiger partial charge in [-0.15, -0.1) is 0 Å². The molecule has 41 heavy (non-hydrogen) atoms. The van der Waals surface area contributed by atoms with Crippen LogP contribution in [0.1, 0.15) is 46.8 Å². The largest absolute Gasteiger partial charge is 0.416 e. The molecule has 1 aliphatic heterocycles.